The number of carbonyl (C=O) groups is 1. The lowest BCUT2D eigenvalue weighted by Crippen LogP contribution is -2.45. The third-order valence-electron chi connectivity index (χ3n) is 4.91. The largest absolute Gasteiger partial charge is 0.378 e. The summed E-state index contributed by atoms with van der Waals surface area (Å²) in [7, 11) is 0. The van der Waals surface area contributed by atoms with Crippen LogP contribution in [0, 0.1) is 5.92 Å². The number of guanidine groups is 1. The lowest BCUT2D eigenvalue weighted by molar-refractivity contribution is -0.133. The van der Waals surface area contributed by atoms with Crippen LogP contribution in [0.15, 0.2) is 4.99 Å². The van der Waals surface area contributed by atoms with Gasteiger partial charge in [0.15, 0.2) is 5.96 Å². The Bertz CT molecular complexity index is 439. The van der Waals surface area contributed by atoms with Gasteiger partial charge < -0.3 is 20.3 Å². The molecule has 2 aliphatic rings. The van der Waals surface area contributed by atoms with Crippen molar-refractivity contribution in [1.82, 2.24) is 15.5 Å². The second-order valence-corrected chi connectivity index (χ2v) is 7.46. The highest BCUT2D eigenvalue weighted by Crippen LogP contribution is 2.20. The molecule has 2 fully saturated rings. The maximum Gasteiger partial charge on any atom is 0.225 e. The molecule has 7 heteroatoms. The van der Waals surface area contributed by atoms with Gasteiger partial charge in [-0.1, -0.05) is 26.7 Å². The fourth-order valence-electron chi connectivity index (χ4n) is 3.52. The molecule has 152 valence electrons. The van der Waals surface area contributed by atoms with Gasteiger partial charge in [0.25, 0.3) is 0 Å². The van der Waals surface area contributed by atoms with Crippen molar-refractivity contribution in [2.24, 2.45) is 10.9 Å². The SMILES string of the molecule is CCNC(=NCCCOC1CCCC1)NC1CCN(C(=O)C(C)C)C1.I. The van der Waals surface area contributed by atoms with Crippen molar-refractivity contribution in [3.8, 4) is 0 Å². The zero-order chi connectivity index (χ0) is 18.1. The molecular weight excluding hydrogens is 443 g/mol. The molecule has 1 aliphatic carbocycles. The van der Waals surface area contributed by atoms with E-state index >= 15 is 0 Å². The highest BCUT2D eigenvalue weighted by atomic mass is 127. The minimum absolute atomic E-state index is 0. The normalized spacial score (nSPS) is 21.2. The molecule has 1 heterocycles. The van der Waals surface area contributed by atoms with Crippen molar-refractivity contribution < 1.29 is 9.53 Å². The molecule has 0 radical (unpaired) electrons. The summed E-state index contributed by atoms with van der Waals surface area (Å²) in [6.45, 7) is 10.0. The first-order valence-electron chi connectivity index (χ1n) is 10.1. The molecule has 0 aromatic carbocycles. The van der Waals surface area contributed by atoms with E-state index in [0.717, 1.165) is 51.6 Å². The fourth-order valence-corrected chi connectivity index (χ4v) is 3.52. The standard InChI is InChI=1S/C19H36N4O2.HI/c1-4-20-19(21-11-7-13-25-17-8-5-6-9-17)22-16-10-12-23(14-16)18(24)15(2)3;/h15-17H,4-14H2,1-3H3,(H2,20,21,22);1H. The van der Waals surface area contributed by atoms with Crippen LogP contribution in [0.3, 0.4) is 0 Å². The number of amides is 1. The molecule has 2 rings (SSSR count). The molecular formula is C19H37IN4O2. The van der Waals surface area contributed by atoms with Gasteiger partial charge in [-0.15, -0.1) is 24.0 Å². The number of hydrogen-bond donors (Lipinski definition) is 2. The van der Waals surface area contributed by atoms with Crippen LogP contribution in [0.5, 0.6) is 0 Å². The number of likely N-dealkylation sites (tertiary alicyclic amines) is 1. The number of ether oxygens (including phenoxy) is 1. The van der Waals surface area contributed by atoms with Crippen molar-refractivity contribution in [2.45, 2.75) is 71.4 Å². The fraction of sp³-hybridized carbons (Fsp3) is 0.895. The van der Waals surface area contributed by atoms with E-state index in [2.05, 4.69) is 22.5 Å². The molecule has 1 atom stereocenters. The predicted molar refractivity (Wildman–Crippen MR) is 117 cm³/mol. The number of aliphatic imine (C=N–C) groups is 1. The third kappa shape index (κ3) is 7.98. The highest BCUT2D eigenvalue weighted by Gasteiger charge is 2.27. The molecule has 2 N–H and O–H groups in total. The summed E-state index contributed by atoms with van der Waals surface area (Å²) in [6.07, 6.45) is 7.49. The monoisotopic (exact) mass is 480 g/mol. The lowest BCUT2D eigenvalue weighted by atomic mass is 10.2. The second kappa shape index (κ2) is 12.8. The van der Waals surface area contributed by atoms with Gasteiger partial charge in [0.2, 0.25) is 5.91 Å². The van der Waals surface area contributed by atoms with E-state index in [4.69, 9.17) is 4.74 Å². The molecule has 1 saturated heterocycles. The van der Waals surface area contributed by atoms with Gasteiger partial charge in [-0.3, -0.25) is 9.79 Å². The van der Waals surface area contributed by atoms with Crippen molar-refractivity contribution >= 4 is 35.8 Å². The van der Waals surface area contributed by atoms with E-state index in [0.29, 0.717) is 6.10 Å². The lowest BCUT2D eigenvalue weighted by Gasteiger charge is -2.20. The number of rotatable bonds is 8. The average Bonchev–Trinajstić information content (AvgIpc) is 3.25. The molecule has 1 amide bonds. The Kier molecular flexibility index (Phi) is 11.5. The third-order valence-corrected chi connectivity index (χ3v) is 4.91. The van der Waals surface area contributed by atoms with Crippen LogP contribution in [-0.4, -0.2) is 61.7 Å². The van der Waals surface area contributed by atoms with Gasteiger partial charge in [-0.2, -0.15) is 0 Å². The highest BCUT2D eigenvalue weighted by molar-refractivity contribution is 14.0. The predicted octanol–water partition coefficient (Wildman–Crippen LogP) is 2.77. The summed E-state index contributed by atoms with van der Waals surface area (Å²) < 4.78 is 5.89. The number of carbonyl (C=O) groups excluding carboxylic acids is 1. The number of hydrogen-bond acceptors (Lipinski definition) is 3. The Balaban J connectivity index is 0.00000338. The number of nitrogens with zero attached hydrogens (tertiary/aromatic N) is 2. The van der Waals surface area contributed by atoms with Gasteiger partial charge >= 0.3 is 0 Å². The van der Waals surface area contributed by atoms with Gasteiger partial charge in [0.05, 0.1) is 6.10 Å². The summed E-state index contributed by atoms with van der Waals surface area (Å²) in [5, 5.41) is 6.78. The topological polar surface area (TPSA) is 66.0 Å². The molecule has 0 aromatic rings. The van der Waals surface area contributed by atoms with Gasteiger partial charge in [-0.25, -0.2) is 0 Å². The van der Waals surface area contributed by atoms with Crippen LogP contribution in [0.2, 0.25) is 0 Å². The molecule has 0 bridgehead atoms. The number of nitrogens with one attached hydrogen (secondary N) is 2. The molecule has 0 aromatic heterocycles. The zero-order valence-corrected chi connectivity index (χ0v) is 19.0. The maximum absolute atomic E-state index is 12.1. The van der Waals surface area contributed by atoms with Crippen LogP contribution in [0.4, 0.5) is 0 Å². The van der Waals surface area contributed by atoms with Gasteiger partial charge in [0.1, 0.15) is 0 Å². The van der Waals surface area contributed by atoms with Crippen LogP contribution < -0.4 is 10.6 Å². The summed E-state index contributed by atoms with van der Waals surface area (Å²) in [6, 6.07) is 0.287. The number of halogens is 1. The summed E-state index contributed by atoms with van der Waals surface area (Å²) in [5.41, 5.74) is 0. The van der Waals surface area contributed by atoms with E-state index < -0.39 is 0 Å². The zero-order valence-electron chi connectivity index (χ0n) is 16.6. The molecule has 6 nitrogen and oxygen atoms in total. The van der Waals surface area contributed by atoms with E-state index in [1.54, 1.807) is 0 Å². The van der Waals surface area contributed by atoms with E-state index in [1.165, 1.54) is 25.7 Å². The first-order chi connectivity index (χ1) is 12.1. The summed E-state index contributed by atoms with van der Waals surface area (Å²) >= 11 is 0. The van der Waals surface area contributed by atoms with Crippen LogP contribution in [-0.2, 0) is 9.53 Å². The summed E-state index contributed by atoms with van der Waals surface area (Å²) in [4.78, 5) is 18.7. The molecule has 1 aliphatic heterocycles. The Morgan fingerprint density at radius 3 is 2.65 bits per heavy atom. The Labute approximate surface area is 175 Å². The minimum atomic E-state index is 0. The molecule has 1 saturated carbocycles. The summed E-state index contributed by atoms with van der Waals surface area (Å²) in [5.74, 6) is 1.17. The minimum Gasteiger partial charge on any atom is -0.378 e. The Morgan fingerprint density at radius 2 is 2.00 bits per heavy atom. The molecule has 0 spiro atoms. The van der Waals surface area contributed by atoms with Crippen LogP contribution >= 0.6 is 24.0 Å². The molecule has 26 heavy (non-hydrogen) atoms. The smallest absolute Gasteiger partial charge is 0.225 e. The molecule has 1 unspecified atom stereocenters. The van der Waals surface area contributed by atoms with Crippen molar-refractivity contribution in [2.75, 3.05) is 32.8 Å². The van der Waals surface area contributed by atoms with E-state index in [1.807, 2.05) is 18.7 Å². The first kappa shape index (κ1) is 23.5. The second-order valence-electron chi connectivity index (χ2n) is 7.46. The first-order valence-corrected chi connectivity index (χ1v) is 10.1. The van der Waals surface area contributed by atoms with Gasteiger partial charge in [0, 0.05) is 44.7 Å². The van der Waals surface area contributed by atoms with Crippen LogP contribution in [0.25, 0.3) is 0 Å². The van der Waals surface area contributed by atoms with Crippen molar-refractivity contribution in [3.05, 3.63) is 0 Å². The Morgan fingerprint density at radius 1 is 1.27 bits per heavy atom. The average molecular weight is 480 g/mol. The van der Waals surface area contributed by atoms with E-state index in [-0.39, 0.29) is 41.8 Å². The van der Waals surface area contributed by atoms with Crippen molar-refractivity contribution in [3.63, 3.8) is 0 Å². The quantitative estimate of drug-likeness (QED) is 0.243. The van der Waals surface area contributed by atoms with E-state index in [9.17, 15) is 4.79 Å². The Hall–Kier alpha value is -0.570. The van der Waals surface area contributed by atoms with Crippen molar-refractivity contribution in [1.29, 1.82) is 0 Å². The van der Waals surface area contributed by atoms with Crippen LogP contribution in [0.1, 0.15) is 59.3 Å². The van der Waals surface area contributed by atoms with Gasteiger partial charge in [-0.05, 0) is 32.6 Å². The maximum atomic E-state index is 12.1.